The highest BCUT2D eigenvalue weighted by Crippen LogP contribution is 2.23. The quantitative estimate of drug-likeness (QED) is 0.574. The van der Waals surface area contributed by atoms with Gasteiger partial charge in [-0.2, -0.15) is 0 Å². The zero-order valence-corrected chi connectivity index (χ0v) is 12.3. The van der Waals surface area contributed by atoms with Crippen molar-refractivity contribution in [3.8, 4) is 0 Å². The normalized spacial score (nSPS) is 22.8. The zero-order valence-electron chi connectivity index (χ0n) is 12.3. The predicted molar refractivity (Wildman–Crippen MR) is 76.7 cm³/mol. The lowest BCUT2D eigenvalue weighted by molar-refractivity contribution is -0.140. The Labute approximate surface area is 116 Å². The van der Waals surface area contributed by atoms with Crippen molar-refractivity contribution in [1.29, 1.82) is 0 Å². The molecule has 2 N–H and O–H groups in total. The van der Waals surface area contributed by atoms with E-state index in [0.717, 1.165) is 32.1 Å². The van der Waals surface area contributed by atoms with Gasteiger partial charge in [0.1, 0.15) is 0 Å². The van der Waals surface area contributed by atoms with E-state index < -0.39 is 11.8 Å². The maximum absolute atomic E-state index is 11.8. The molecule has 1 aliphatic carbocycles. The molecule has 2 amide bonds. The minimum Gasteiger partial charge on any atom is -0.348 e. The maximum atomic E-state index is 11.8. The second-order valence-electron chi connectivity index (χ2n) is 5.66. The molecule has 1 aliphatic rings. The van der Waals surface area contributed by atoms with Crippen LogP contribution in [0.2, 0.25) is 0 Å². The van der Waals surface area contributed by atoms with E-state index in [1.54, 1.807) is 0 Å². The highest BCUT2D eigenvalue weighted by molar-refractivity contribution is 6.35. The molecule has 0 aromatic rings. The number of hydrogen-bond donors (Lipinski definition) is 2. The first-order chi connectivity index (χ1) is 9.15. The lowest BCUT2D eigenvalue weighted by atomic mass is 9.86. The molecular weight excluding hydrogens is 240 g/mol. The summed E-state index contributed by atoms with van der Waals surface area (Å²) in [6, 6.07) is 0.173. The van der Waals surface area contributed by atoms with Crippen molar-refractivity contribution < 1.29 is 9.59 Å². The Morgan fingerprint density at radius 2 is 1.79 bits per heavy atom. The lowest BCUT2D eigenvalue weighted by Crippen LogP contribution is -2.47. The molecule has 2 atom stereocenters. The van der Waals surface area contributed by atoms with Crippen LogP contribution in [0.3, 0.4) is 0 Å². The second-order valence-corrected chi connectivity index (χ2v) is 5.66. The first kappa shape index (κ1) is 16.0. The van der Waals surface area contributed by atoms with Crippen LogP contribution in [0.1, 0.15) is 65.2 Å². The van der Waals surface area contributed by atoms with E-state index in [-0.39, 0.29) is 6.04 Å². The molecule has 0 spiro atoms. The fourth-order valence-electron chi connectivity index (χ4n) is 2.60. The minimum atomic E-state index is -0.478. The fourth-order valence-corrected chi connectivity index (χ4v) is 2.60. The Bertz CT molecular complexity index is 292. The van der Waals surface area contributed by atoms with Crippen molar-refractivity contribution in [2.24, 2.45) is 5.92 Å². The molecule has 0 bridgehead atoms. The van der Waals surface area contributed by atoms with E-state index >= 15 is 0 Å². The van der Waals surface area contributed by atoms with Crippen molar-refractivity contribution in [2.75, 3.05) is 6.54 Å². The number of carbonyl (C=O) groups excluding carboxylic acids is 2. The molecular formula is C15H28N2O2. The lowest BCUT2D eigenvalue weighted by Gasteiger charge is -2.29. The van der Waals surface area contributed by atoms with Crippen molar-refractivity contribution in [3.63, 3.8) is 0 Å². The number of nitrogens with one attached hydrogen (secondary N) is 2. The summed E-state index contributed by atoms with van der Waals surface area (Å²) in [5.74, 6) is -0.460. The molecule has 0 aliphatic heterocycles. The van der Waals surface area contributed by atoms with Crippen LogP contribution < -0.4 is 10.6 Å². The summed E-state index contributed by atoms with van der Waals surface area (Å²) in [4.78, 5) is 23.4. The number of carbonyl (C=O) groups is 2. The van der Waals surface area contributed by atoms with Gasteiger partial charge in [0.25, 0.3) is 0 Å². The average molecular weight is 268 g/mol. The van der Waals surface area contributed by atoms with Crippen LogP contribution in [-0.4, -0.2) is 24.4 Å². The molecule has 4 heteroatoms. The number of rotatable bonds is 6. The van der Waals surface area contributed by atoms with Gasteiger partial charge in [-0.15, -0.1) is 0 Å². The summed E-state index contributed by atoms with van der Waals surface area (Å²) in [6.07, 6.45) is 8.94. The summed E-state index contributed by atoms with van der Waals surface area (Å²) >= 11 is 0. The summed E-state index contributed by atoms with van der Waals surface area (Å²) in [6.45, 7) is 4.90. The van der Waals surface area contributed by atoms with Gasteiger partial charge >= 0.3 is 11.8 Å². The standard InChI is InChI=1S/C15H28N2O2/c1-3-4-5-8-11-16-14(18)15(19)17-13-10-7-6-9-12(13)2/h12-13H,3-11H2,1-2H3,(H,16,18)(H,17,19)/t12-,13-/m0/s1. The summed E-state index contributed by atoms with van der Waals surface area (Å²) in [5.41, 5.74) is 0. The van der Waals surface area contributed by atoms with Crippen LogP contribution in [0.5, 0.6) is 0 Å². The van der Waals surface area contributed by atoms with Gasteiger partial charge in [-0.25, -0.2) is 0 Å². The number of hydrogen-bond acceptors (Lipinski definition) is 2. The molecule has 19 heavy (non-hydrogen) atoms. The van der Waals surface area contributed by atoms with Gasteiger partial charge in [0, 0.05) is 12.6 Å². The third kappa shape index (κ3) is 6.08. The Balaban J connectivity index is 2.19. The summed E-state index contributed by atoms with van der Waals surface area (Å²) in [5, 5.41) is 5.56. The number of unbranched alkanes of at least 4 members (excludes halogenated alkanes) is 3. The first-order valence-corrected chi connectivity index (χ1v) is 7.73. The third-order valence-corrected chi connectivity index (χ3v) is 3.95. The van der Waals surface area contributed by atoms with E-state index in [9.17, 15) is 9.59 Å². The SMILES string of the molecule is CCCCCCNC(=O)C(=O)N[C@H]1CCCC[C@@H]1C. The van der Waals surface area contributed by atoms with Gasteiger partial charge < -0.3 is 10.6 Å². The van der Waals surface area contributed by atoms with Gasteiger partial charge in [0.05, 0.1) is 0 Å². The Morgan fingerprint density at radius 1 is 1.05 bits per heavy atom. The van der Waals surface area contributed by atoms with Gasteiger partial charge in [-0.05, 0) is 25.2 Å². The summed E-state index contributed by atoms with van der Waals surface area (Å²) in [7, 11) is 0. The molecule has 110 valence electrons. The van der Waals surface area contributed by atoms with E-state index in [2.05, 4.69) is 24.5 Å². The van der Waals surface area contributed by atoms with Crippen LogP contribution in [0, 0.1) is 5.92 Å². The molecule has 1 fully saturated rings. The van der Waals surface area contributed by atoms with Crippen LogP contribution >= 0.6 is 0 Å². The Kier molecular flexibility index (Phi) is 7.53. The third-order valence-electron chi connectivity index (χ3n) is 3.95. The van der Waals surface area contributed by atoms with E-state index in [1.165, 1.54) is 19.3 Å². The molecule has 0 aromatic heterocycles. The Hall–Kier alpha value is -1.06. The minimum absolute atomic E-state index is 0.173. The van der Waals surface area contributed by atoms with Gasteiger partial charge in [0.15, 0.2) is 0 Å². The molecule has 0 saturated heterocycles. The van der Waals surface area contributed by atoms with E-state index in [1.807, 2.05) is 0 Å². The molecule has 0 radical (unpaired) electrons. The largest absolute Gasteiger partial charge is 0.348 e. The van der Waals surface area contributed by atoms with Crippen LogP contribution in [-0.2, 0) is 9.59 Å². The van der Waals surface area contributed by atoms with Crippen LogP contribution in [0.4, 0.5) is 0 Å². The fraction of sp³-hybridized carbons (Fsp3) is 0.867. The number of amides is 2. The Morgan fingerprint density at radius 3 is 2.47 bits per heavy atom. The second kappa shape index (κ2) is 8.94. The summed E-state index contributed by atoms with van der Waals surface area (Å²) < 4.78 is 0. The van der Waals surface area contributed by atoms with Crippen LogP contribution in [0.25, 0.3) is 0 Å². The van der Waals surface area contributed by atoms with Crippen LogP contribution in [0.15, 0.2) is 0 Å². The van der Waals surface area contributed by atoms with Crippen molar-refractivity contribution in [2.45, 2.75) is 71.3 Å². The monoisotopic (exact) mass is 268 g/mol. The highest BCUT2D eigenvalue weighted by atomic mass is 16.2. The first-order valence-electron chi connectivity index (χ1n) is 7.73. The van der Waals surface area contributed by atoms with Crippen molar-refractivity contribution in [3.05, 3.63) is 0 Å². The molecule has 4 nitrogen and oxygen atoms in total. The average Bonchev–Trinajstić information content (AvgIpc) is 2.41. The van der Waals surface area contributed by atoms with E-state index in [0.29, 0.717) is 12.5 Å². The van der Waals surface area contributed by atoms with Gasteiger partial charge in [-0.1, -0.05) is 46.0 Å². The highest BCUT2D eigenvalue weighted by Gasteiger charge is 2.25. The van der Waals surface area contributed by atoms with Crippen molar-refractivity contribution >= 4 is 11.8 Å². The van der Waals surface area contributed by atoms with E-state index in [4.69, 9.17) is 0 Å². The zero-order chi connectivity index (χ0) is 14.1. The molecule has 1 rings (SSSR count). The van der Waals surface area contributed by atoms with Crippen molar-refractivity contribution in [1.82, 2.24) is 10.6 Å². The molecule has 0 heterocycles. The molecule has 1 saturated carbocycles. The van der Waals surface area contributed by atoms with Gasteiger partial charge in [0.2, 0.25) is 0 Å². The molecule has 0 aromatic carbocycles. The maximum Gasteiger partial charge on any atom is 0.309 e. The predicted octanol–water partition coefficient (Wildman–Crippen LogP) is 2.38. The molecule has 0 unspecified atom stereocenters. The topological polar surface area (TPSA) is 58.2 Å². The smallest absolute Gasteiger partial charge is 0.309 e. The van der Waals surface area contributed by atoms with Gasteiger partial charge in [-0.3, -0.25) is 9.59 Å².